The number of hydroxylamine groups is 2. The van der Waals surface area contributed by atoms with Crippen LogP contribution < -0.4 is 5.73 Å². The lowest BCUT2D eigenvalue weighted by molar-refractivity contribution is -0.210. The Balaban J connectivity index is 2.81. The molecule has 10 nitrogen and oxygen atoms in total. The summed E-state index contributed by atoms with van der Waals surface area (Å²) in [7, 11) is 0. The monoisotopic (exact) mass is 273 g/mol. The Morgan fingerprint density at radius 1 is 1.37 bits per heavy atom. The first kappa shape index (κ1) is 14.6. The number of carbonyl (C=O) groups is 3. The van der Waals surface area contributed by atoms with E-state index in [-0.39, 0.29) is 12.2 Å². The number of carboxylic acids is 2. The number of aliphatic imine (C=N–C) groups is 1. The number of nitrogens with two attached hydrogens (primary N) is 1. The summed E-state index contributed by atoms with van der Waals surface area (Å²) < 4.78 is 0. The van der Waals surface area contributed by atoms with Gasteiger partial charge in [-0.05, 0) is 0 Å². The summed E-state index contributed by atoms with van der Waals surface area (Å²) in [5, 5.41) is 27.4. The summed E-state index contributed by atoms with van der Waals surface area (Å²) in [6.45, 7) is -0.0348. The van der Waals surface area contributed by atoms with Gasteiger partial charge in [-0.3, -0.25) is 19.7 Å². The van der Waals surface area contributed by atoms with Gasteiger partial charge in [-0.25, -0.2) is 9.59 Å². The number of aliphatic hydroxyl groups is 1. The molecule has 1 heterocycles. The number of carboxylic acid groups (broad SMARTS) is 2. The Morgan fingerprint density at radius 3 is 2.47 bits per heavy atom. The van der Waals surface area contributed by atoms with Crippen LogP contribution in [0.4, 0.5) is 0 Å². The number of carbonyl (C=O) groups excluding carboxylic acids is 1. The van der Waals surface area contributed by atoms with Gasteiger partial charge < -0.3 is 21.1 Å². The highest BCUT2D eigenvalue weighted by Crippen LogP contribution is 2.10. The molecule has 0 aromatic carbocycles. The Hall–Kier alpha value is -2.46. The second-order valence-corrected chi connectivity index (χ2v) is 3.44. The van der Waals surface area contributed by atoms with Gasteiger partial charge in [0.2, 0.25) is 6.10 Å². The molecule has 0 aliphatic carbocycles. The van der Waals surface area contributed by atoms with Crippen molar-refractivity contribution in [1.29, 1.82) is 0 Å². The maximum Gasteiger partial charge on any atom is 0.339 e. The highest BCUT2D eigenvalue weighted by atomic mass is 16.7. The molecular weight excluding hydrogens is 262 g/mol. The van der Waals surface area contributed by atoms with Crippen molar-refractivity contribution in [2.75, 3.05) is 6.54 Å². The molecule has 0 fully saturated rings. The molecule has 1 unspecified atom stereocenters. The Bertz CT molecular complexity index is 459. The van der Waals surface area contributed by atoms with Crippen LogP contribution in [0.5, 0.6) is 0 Å². The van der Waals surface area contributed by atoms with Crippen LogP contribution in [0, 0.1) is 0 Å². The minimum Gasteiger partial charge on any atom is -0.479 e. The number of nitrogens with zero attached hydrogens (tertiary/aromatic N) is 2. The summed E-state index contributed by atoms with van der Waals surface area (Å²) in [4.78, 5) is 40.6. The summed E-state index contributed by atoms with van der Waals surface area (Å²) in [5.74, 6) is -4.29. The molecule has 19 heavy (non-hydrogen) atoms. The van der Waals surface area contributed by atoms with Gasteiger partial charge in [-0.2, -0.15) is 0 Å². The molecule has 5 N–H and O–H groups in total. The lowest BCUT2D eigenvalue weighted by atomic mass is 10.2. The molecule has 0 bridgehead atoms. The Morgan fingerprint density at radius 2 is 2.00 bits per heavy atom. The molecule has 10 heteroatoms. The number of aliphatic carboxylic acids is 2. The van der Waals surface area contributed by atoms with E-state index in [1.165, 1.54) is 6.21 Å². The molecule has 1 amide bonds. The maximum absolute atomic E-state index is 10.9. The first-order chi connectivity index (χ1) is 8.82. The fourth-order valence-electron chi connectivity index (χ4n) is 1.16. The van der Waals surface area contributed by atoms with Crippen molar-refractivity contribution in [3.8, 4) is 0 Å². The van der Waals surface area contributed by atoms with Crippen LogP contribution in [0.1, 0.15) is 0 Å². The zero-order valence-corrected chi connectivity index (χ0v) is 9.46. The zero-order chi connectivity index (χ0) is 14.6. The van der Waals surface area contributed by atoms with Crippen LogP contribution in [0.3, 0.4) is 0 Å². The van der Waals surface area contributed by atoms with Crippen LogP contribution in [-0.2, 0) is 19.2 Å². The van der Waals surface area contributed by atoms with E-state index in [9.17, 15) is 19.5 Å². The van der Waals surface area contributed by atoms with Crippen molar-refractivity contribution in [1.82, 2.24) is 5.06 Å². The van der Waals surface area contributed by atoms with Crippen molar-refractivity contribution in [3.05, 3.63) is 11.9 Å². The minimum absolute atomic E-state index is 0.0348. The van der Waals surface area contributed by atoms with Gasteiger partial charge in [0.25, 0.3) is 5.91 Å². The number of rotatable bonds is 6. The molecule has 0 spiro atoms. The quantitative estimate of drug-likeness (QED) is 0.413. The van der Waals surface area contributed by atoms with Crippen LogP contribution >= 0.6 is 0 Å². The number of hydrogen-bond donors (Lipinski definition) is 4. The molecule has 1 rings (SSSR count). The third-order valence-electron chi connectivity index (χ3n) is 2.04. The van der Waals surface area contributed by atoms with Crippen molar-refractivity contribution in [2.24, 2.45) is 10.7 Å². The standard InChI is InChI=1S/C9H11N3O7/c10-7(14)4-3-12(2-1-11-4)19-6(9(17)18)5(13)8(15)16/h1,3,5-6,13H,2H2,(H2,10,14)(H,15,16)(H,17,18)/t5?,6-/m0/s1. The second-order valence-electron chi connectivity index (χ2n) is 3.44. The van der Waals surface area contributed by atoms with E-state index in [0.29, 0.717) is 0 Å². The molecule has 2 atom stereocenters. The summed E-state index contributed by atoms with van der Waals surface area (Å²) in [6.07, 6.45) is -2.07. The highest BCUT2D eigenvalue weighted by Gasteiger charge is 2.35. The van der Waals surface area contributed by atoms with Gasteiger partial charge >= 0.3 is 11.9 Å². The van der Waals surface area contributed by atoms with Gasteiger partial charge in [-0.15, -0.1) is 0 Å². The average molecular weight is 273 g/mol. The van der Waals surface area contributed by atoms with Gasteiger partial charge in [0.15, 0.2) is 6.10 Å². The topological polar surface area (TPSA) is 163 Å². The summed E-state index contributed by atoms with van der Waals surface area (Å²) in [6, 6.07) is 0. The third-order valence-corrected chi connectivity index (χ3v) is 2.04. The van der Waals surface area contributed by atoms with Crippen LogP contribution in [-0.4, -0.2) is 63.2 Å². The van der Waals surface area contributed by atoms with Gasteiger partial charge in [0.05, 0.1) is 12.7 Å². The molecule has 0 aromatic rings. The predicted molar refractivity (Wildman–Crippen MR) is 58.6 cm³/mol. The molecule has 0 saturated heterocycles. The maximum atomic E-state index is 10.9. The highest BCUT2D eigenvalue weighted by molar-refractivity contribution is 5.93. The first-order valence-corrected chi connectivity index (χ1v) is 4.94. The molecule has 0 aromatic heterocycles. The van der Waals surface area contributed by atoms with Gasteiger partial charge in [-0.1, -0.05) is 0 Å². The SMILES string of the molecule is NC(=O)C1=CN(O[C@H](C(=O)O)C(O)C(=O)O)CC=N1. The number of aliphatic hydroxyl groups excluding tert-OH is 1. The van der Waals surface area contributed by atoms with Crippen LogP contribution in [0.2, 0.25) is 0 Å². The molecule has 1 aliphatic heterocycles. The smallest absolute Gasteiger partial charge is 0.339 e. The Kier molecular flexibility index (Phi) is 4.56. The van der Waals surface area contributed by atoms with E-state index >= 15 is 0 Å². The van der Waals surface area contributed by atoms with Gasteiger partial charge in [0, 0.05) is 6.21 Å². The van der Waals surface area contributed by atoms with Crippen molar-refractivity contribution >= 4 is 24.1 Å². The number of amides is 1. The number of hydrogen-bond acceptors (Lipinski definition) is 7. The van der Waals surface area contributed by atoms with Crippen molar-refractivity contribution in [3.63, 3.8) is 0 Å². The molecular formula is C9H11N3O7. The van der Waals surface area contributed by atoms with Crippen molar-refractivity contribution < 1.29 is 34.5 Å². The second kappa shape index (κ2) is 5.93. The van der Waals surface area contributed by atoms with E-state index in [4.69, 9.17) is 20.8 Å². The third kappa shape index (κ3) is 3.76. The molecule has 0 saturated carbocycles. The lowest BCUT2D eigenvalue weighted by Crippen LogP contribution is -2.45. The van der Waals surface area contributed by atoms with Crippen LogP contribution in [0.25, 0.3) is 0 Å². The normalized spacial score (nSPS) is 17.5. The molecule has 104 valence electrons. The zero-order valence-electron chi connectivity index (χ0n) is 9.46. The minimum atomic E-state index is -2.26. The summed E-state index contributed by atoms with van der Waals surface area (Å²) in [5.41, 5.74) is 4.77. The fourth-order valence-corrected chi connectivity index (χ4v) is 1.16. The fraction of sp³-hybridized carbons (Fsp3) is 0.333. The predicted octanol–water partition coefficient (Wildman–Crippen LogP) is -2.47. The Labute approximate surface area is 106 Å². The lowest BCUT2D eigenvalue weighted by Gasteiger charge is -2.25. The van der Waals surface area contributed by atoms with E-state index in [1.54, 1.807) is 0 Å². The largest absolute Gasteiger partial charge is 0.479 e. The first-order valence-electron chi connectivity index (χ1n) is 4.94. The van der Waals surface area contributed by atoms with E-state index in [2.05, 4.69) is 4.99 Å². The van der Waals surface area contributed by atoms with Crippen molar-refractivity contribution in [2.45, 2.75) is 12.2 Å². The molecule has 0 radical (unpaired) electrons. The van der Waals surface area contributed by atoms with Gasteiger partial charge in [0.1, 0.15) is 5.70 Å². The van der Waals surface area contributed by atoms with E-state index < -0.39 is 30.1 Å². The number of primary amides is 1. The van der Waals surface area contributed by atoms with E-state index in [0.717, 1.165) is 11.3 Å². The van der Waals surface area contributed by atoms with Crippen LogP contribution in [0.15, 0.2) is 16.9 Å². The molecule has 1 aliphatic rings. The average Bonchev–Trinajstić information content (AvgIpc) is 2.35. The summed E-state index contributed by atoms with van der Waals surface area (Å²) >= 11 is 0. The van der Waals surface area contributed by atoms with E-state index in [1.807, 2.05) is 0 Å².